The van der Waals surface area contributed by atoms with Gasteiger partial charge < -0.3 is 14.5 Å². The smallest absolute Gasteiger partial charge is 0.137 e. The van der Waals surface area contributed by atoms with Crippen LogP contribution in [0.4, 0.5) is 22.7 Å². The van der Waals surface area contributed by atoms with E-state index < -0.39 is 0 Å². The fraction of sp³-hybridized carbons (Fsp3) is 0.0714. The van der Waals surface area contributed by atoms with E-state index in [-0.39, 0.29) is 5.41 Å². The third kappa shape index (κ3) is 7.72. The Morgan fingerprint density at radius 3 is 1.72 bits per heavy atom. The molecule has 76 heavy (non-hydrogen) atoms. The molecule has 0 saturated heterocycles. The van der Waals surface area contributed by atoms with Gasteiger partial charge in [-0.1, -0.05) is 191 Å². The van der Waals surface area contributed by atoms with Crippen molar-refractivity contribution in [2.24, 2.45) is 0 Å². The molecule has 0 bridgehead atoms. The average Bonchev–Trinajstić information content (AvgIpc) is 4.18. The van der Waals surface area contributed by atoms with Crippen LogP contribution in [-0.2, 0) is 5.41 Å². The van der Waals surface area contributed by atoms with Gasteiger partial charge in [0.15, 0.2) is 0 Å². The summed E-state index contributed by atoms with van der Waals surface area (Å²) in [5.74, 6) is 2.40. The monoisotopic (exact) mass is 996 g/mol. The highest BCUT2D eigenvalue weighted by Crippen LogP contribution is 2.53. The first-order chi connectivity index (χ1) is 37.3. The highest BCUT2D eigenvalue weighted by molar-refractivity contribution is 7.26. The number of nitrogens with zero attached hydrogens (tertiary/aromatic N) is 4. The number of hydrogen-bond donors (Lipinski definition) is 0. The molecule has 0 amide bonds. The van der Waals surface area contributed by atoms with Crippen LogP contribution >= 0.6 is 11.3 Å². The molecule has 0 spiro atoms. The first-order valence-corrected chi connectivity index (χ1v) is 26.9. The molecule has 0 saturated carbocycles. The third-order valence-electron chi connectivity index (χ3n) is 15.1. The number of ether oxygens (including phenoxy) is 1. The molecule has 364 valence electrons. The Kier molecular flexibility index (Phi) is 10.9. The van der Waals surface area contributed by atoms with E-state index >= 15 is 0 Å². The number of aromatic nitrogens is 2. The topological polar surface area (TPSA) is 33.5 Å². The summed E-state index contributed by atoms with van der Waals surface area (Å²) in [6.07, 6.45) is 1.95. The molecule has 3 aromatic heterocycles. The van der Waals surface area contributed by atoms with Gasteiger partial charge in [0, 0.05) is 66.1 Å². The maximum Gasteiger partial charge on any atom is 0.137 e. The lowest BCUT2D eigenvalue weighted by Gasteiger charge is -2.28. The molecular weight excluding hydrogens is 945 g/mol. The number of fused-ring (bicyclic) bond motifs is 8. The second-order valence-electron chi connectivity index (χ2n) is 20.7. The summed E-state index contributed by atoms with van der Waals surface area (Å²) in [5.41, 5.74) is 17.2. The Balaban J connectivity index is 0.890. The lowest BCUT2D eigenvalue weighted by molar-refractivity contribution is 0.483. The van der Waals surface area contributed by atoms with Crippen LogP contribution in [0.3, 0.4) is 0 Å². The number of rotatable bonds is 9. The second-order valence-corrected chi connectivity index (χ2v) is 21.8. The van der Waals surface area contributed by atoms with E-state index in [0.717, 1.165) is 67.6 Å². The van der Waals surface area contributed by atoms with E-state index in [1.807, 2.05) is 17.5 Å². The molecule has 1 aliphatic heterocycles. The van der Waals surface area contributed by atoms with Crippen LogP contribution in [0.1, 0.15) is 26.3 Å². The van der Waals surface area contributed by atoms with Crippen molar-refractivity contribution >= 4 is 76.1 Å². The fourth-order valence-electron chi connectivity index (χ4n) is 11.5. The quantitative estimate of drug-likeness (QED) is 0.144. The van der Waals surface area contributed by atoms with Crippen LogP contribution in [0.2, 0.25) is 0 Å². The van der Waals surface area contributed by atoms with Crippen molar-refractivity contribution in [3.05, 3.63) is 254 Å². The van der Waals surface area contributed by atoms with Crippen molar-refractivity contribution in [1.82, 2.24) is 9.55 Å². The maximum atomic E-state index is 6.99. The van der Waals surface area contributed by atoms with E-state index in [1.54, 1.807) is 0 Å². The predicted octanol–water partition coefficient (Wildman–Crippen LogP) is 19.6. The van der Waals surface area contributed by atoms with Crippen LogP contribution in [0, 0.1) is 0 Å². The van der Waals surface area contributed by atoms with Gasteiger partial charge in [-0.3, -0.25) is 4.57 Å². The van der Waals surface area contributed by atoms with Gasteiger partial charge in [0.2, 0.25) is 0 Å². The lowest BCUT2D eigenvalue weighted by Crippen LogP contribution is -2.25. The summed E-state index contributed by atoms with van der Waals surface area (Å²) in [6, 6.07) is 87.5. The Hall–Kier alpha value is -9.23. The van der Waals surface area contributed by atoms with E-state index in [1.165, 1.54) is 64.5 Å². The molecule has 0 fully saturated rings. The standard InChI is InChI=1S/C70H52N4OS/c1-70(2,3)48-40-41-71-66(42-48)74-63-44-51(36-37-56(63)59-38-39-65-67(69(59)74)60-30-14-17-35-64(60)76-65)75-50-25-18-24-49(43-50)72-45-73(62-34-16-15-33-61(62)72)68-57(54-28-12-10-26-52(54)46-20-6-4-7-21-46)31-19-32-58(68)55-29-13-11-27-53(55)47-22-8-5-9-23-47/h4-44H,45H2,1-3H3. The Labute approximate surface area is 446 Å². The van der Waals surface area contributed by atoms with Gasteiger partial charge >= 0.3 is 0 Å². The number of pyridine rings is 1. The summed E-state index contributed by atoms with van der Waals surface area (Å²) >= 11 is 1.84. The SMILES string of the molecule is CC(C)(C)c1ccnc(-n2c3cc(Oc4cccc(N5CN(c6c(-c7ccccc7-c7ccccc7)cccc6-c6ccccc6-c6ccccc6)c6ccccc65)c4)ccc3c3ccc4sc5ccccc5c4c32)c1. The van der Waals surface area contributed by atoms with Crippen LogP contribution in [0.25, 0.3) is 92.3 Å². The number of anilines is 4. The van der Waals surface area contributed by atoms with Crippen molar-refractivity contribution in [2.45, 2.75) is 26.2 Å². The number of thiophene rings is 1. The molecule has 4 heterocycles. The first kappa shape index (κ1) is 45.4. The van der Waals surface area contributed by atoms with Gasteiger partial charge in [-0.25, -0.2) is 4.98 Å². The van der Waals surface area contributed by atoms with Crippen LogP contribution < -0.4 is 14.5 Å². The van der Waals surface area contributed by atoms with Crippen LogP contribution in [0.15, 0.2) is 249 Å². The van der Waals surface area contributed by atoms with Gasteiger partial charge in [0.1, 0.15) is 24.0 Å². The predicted molar refractivity (Wildman–Crippen MR) is 320 cm³/mol. The largest absolute Gasteiger partial charge is 0.457 e. The number of para-hydroxylation sites is 3. The van der Waals surface area contributed by atoms with Crippen molar-refractivity contribution < 1.29 is 4.74 Å². The number of benzene rings is 10. The maximum absolute atomic E-state index is 6.99. The van der Waals surface area contributed by atoms with Crippen molar-refractivity contribution in [1.29, 1.82) is 0 Å². The van der Waals surface area contributed by atoms with Gasteiger partial charge in [0.05, 0.1) is 28.1 Å². The normalized spacial score (nSPS) is 12.6. The molecule has 10 aromatic carbocycles. The molecule has 13 aromatic rings. The van der Waals surface area contributed by atoms with Gasteiger partial charge in [-0.05, 0) is 105 Å². The van der Waals surface area contributed by atoms with Crippen molar-refractivity contribution in [3.63, 3.8) is 0 Å². The van der Waals surface area contributed by atoms with E-state index in [4.69, 9.17) is 9.72 Å². The highest BCUT2D eigenvalue weighted by Gasteiger charge is 2.32. The summed E-state index contributed by atoms with van der Waals surface area (Å²) in [7, 11) is 0. The first-order valence-electron chi connectivity index (χ1n) is 26.0. The minimum absolute atomic E-state index is 0.0553. The summed E-state index contributed by atoms with van der Waals surface area (Å²) in [4.78, 5) is 10.0. The molecule has 0 radical (unpaired) electrons. The van der Waals surface area contributed by atoms with Crippen LogP contribution in [-0.4, -0.2) is 16.2 Å². The molecule has 0 aliphatic carbocycles. The van der Waals surface area contributed by atoms with E-state index in [9.17, 15) is 0 Å². The molecule has 14 rings (SSSR count). The molecular formula is C70H52N4OS. The Morgan fingerprint density at radius 1 is 0.447 bits per heavy atom. The van der Waals surface area contributed by atoms with Crippen molar-refractivity contribution in [3.8, 4) is 61.8 Å². The highest BCUT2D eigenvalue weighted by atomic mass is 32.1. The van der Waals surface area contributed by atoms with Crippen molar-refractivity contribution in [2.75, 3.05) is 16.5 Å². The van der Waals surface area contributed by atoms with Gasteiger partial charge in [-0.2, -0.15) is 0 Å². The Bertz CT molecular complexity index is 4260. The second kappa shape index (κ2) is 18.3. The molecule has 5 nitrogen and oxygen atoms in total. The zero-order valence-electron chi connectivity index (χ0n) is 42.5. The minimum Gasteiger partial charge on any atom is -0.457 e. The molecule has 0 unspecified atom stereocenters. The minimum atomic E-state index is -0.0553. The zero-order valence-corrected chi connectivity index (χ0v) is 43.3. The Morgan fingerprint density at radius 2 is 1.03 bits per heavy atom. The summed E-state index contributed by atoms with van der Waals surface area (Å²) in [6.45, 7) is 7.35. The average molecular weight is 997 g/mol. The molecule has 0 atom stereocenters. The summed E-state index contributed by atoms with van der Waals surface area (Å²) in [5, 5.41) is 4.86. The van der Waals surface area contributed by atoms with Gasteiger partial charge in [-0.15, -0.1) is 11.3 Å². The van der Waals surface area contributed by atoms with Gasteiger partial charge in [0.25, 0.3) is 0 Å². The number of hydrogen-bond acceptors (Lipinski definition) is 5. The fourth-order valence-corrected chi connectivity index (χ4v) is 12.6. The molecule has 6 heteroatoms. The molecule has 1 aliphatic rings. The van der Waals surface area contributed by atoms with Crippen LogP contribution in [0.5, 0.6) is 11.5 Å². The lowest BCUT2D eigenvalue weighted by atomic mass is 9.88. The molecule has 0 N–H and O–H groups in total. The summed E-state index contributed by atoms with van der Waals surface area (Å²) < 4.78 is 11.9. The van der Waals surface area contributed by atoms with E-state index in [0.29, 0.717) is 6.67 Å². The van der Waals surface area contributed by atoms with E-state index in [2.05, 4.69) is 278 Å². The third-order valence-corrected chi connectivity index (χ3v) is 16.2. The zero-order chi connectivity index (χ0) is 50.9.